The van der Waals surface area contributed by atoms with Gasteiger partial charge >= 0.3 is 0 Å². The van der Waals surface area contributed by atoms with Crippen LogP contribution < -0.4 is 10.6 Å². The number of carbonyl (C=O) groups is 1. The highest BCUT2D eigenvalue weighted by Gasteiger charge is 2.18. The fraction of sp³-hybridized carbons (Fsp3) is 0.462. The first-order valence-corrected chi connectivity index (χ1v) is 7.53. The summed E-state index contributed by atoms with van der Waals surface area (Å²) in [6, 6.07) is 2.09. The van der Waals surface area contributed by atoms with Crippen LogP contribution in [-0.4, -0.2) is 33.8 Å². The summed E-state index contributed by atoms with van der Waals surface area (Å²) in [5, 5.41) is 11.1. The van der Waals surface area contributed by atoms with E-state index in [-0.39, 0.29) is 18.3 Å². The quantitative estimate of drug-likeness (QED) is 0.907. The Hall–Kier alpha value is -1.44. The Labute approximate surface area is 133 Å². The van der Waals surface area contributed by atoms with Crippen LogP contribution in [0.25, 0.3) is 0 Å². The van der Waals surface area contributed by atoms with Crippen molar-refractivity contribution in [2.75, 3.05) is 18.4 Å². The molecular weight excluding hydrogens is 310 g/mol. The molecule has 2 aromatic heterocycles. The third kappa shape index (κ3) is 3.81. The first-order valence-electron chi connectivity index (χ1n) is 6.72. The van der Waals surface area contributed by atoms with E-state index in [0.29, 0.717) is 16.9 Å². The van der Waals surface area contributed by atoms with E-state index in [2.05, 4.69) is 20.7 Å². The Morgan fingerprint density at radius 2 is 2.43 bits per heavy atom. The Balaban J connectivity index is 0.00000161. The van der Waals surface area contributed by atoms with Gasteiger partial charge in [0.2, 0.25) is 0 Å². The Kier molecular flexibility index (Phi) is 5.33. The van der Waals surface area contributed by atoms with Crippen LogP contribution in [-0.2, 0) is 0 Å². The molecule has 0 radical (unpaired) electrons. The van der Waals surface area contributed by atoms with Crippen LogP contribution in [0.4, 0.5) is 5.13 Å². The number of thiazole rings is 1. The van der Waals surface area contributed by atoms with Crippen molar-refractivity contribution in [3.8, 4) is 0 Å². The van der Waals surface area contributed by atoms with Gasteiger partial charge in [0.1, 0.15) is 0 Å². The average Bonchev–Trinajstić information content (AvgIpc) is 3.09. The maximum atomic E-state index is 12.1. The molecule has 1 saturated heterocycles. The third-order valence-corrected chi connectivity index (χ3v) is 4.16. The number of anilines is 1. The minimum absolute atomic E-state index is 0. The van der Waals surface area contributed by atoms with Gasteiger partial charge in [-0.1, -0.05) is 0 Å². The number of piperidine rings is 1. The molecule has 6 nitrogen and oxygen atoms in total. The second kappa shape index (κ2) is 7.02. The summed E-state index contributed by atoms with van der Waals surface area (Å²) in [5.41, 5.74) is 0.434. The summed E-state index contributed by atoms with van der Waals surface area (Å²) in [6.45, 7) is 3.93. The molecular formula is C13H18ClN5OS. The van der Waals surface area contributed by atoms with Gasteiger partial charge in [0.15, 0.2) is 10.8 Å². The molecule has 21 heavy (non-hydrogen) atoms. The normalized spacial score (nSPS) is 18.0. The molecule has 0 bridgehead atoms. The zero-order chi connectivity index (χ0) is 13.9. The van der Waals surface area contributed by atoms with Crippen LogP contribution in [0.5, 0.6) is 0 Å². The zero-order valence-electron chi connectivity index (χ0n) is 11.7. The lowest BCUT2D eigenvalue weighted by molar-refractivity contribution is 0.102. The maximum Gasteiger partial charge on any atom is 0.277 e. The third-order valence-electron chi connectivity index (χ3n) is 3.33. The second-order valence-electron chi connectivity index (χ2n) is 4.91. The van der Waals surface area contributed by atoms with Gasteiger partial charge in [-0.15, -0.1) is 23.7 Å². The number of nitrogens with one attached hydrogen (secondary N) is 2. The van der Waals surface area contributed by atoms with Crippen molar-refractivity contribution >= 4 is 34.8 Å². The number of carbonyl (C=O) groups excluding carboxylic acids is 1. The van der Waals surface area contributed by atoms with E-state index in [4.69, 9.17) is 0 Å². The molecule has 2 aromatic rings. The van der Waals surface area contributed by atoms with Gasteiger partial charge in [-0.05, 0) is 32.4 Å². The van der Waals surface area contributed by atoms with E-state index in [9.17, 15) is 4.79 Å². The molecule has 1 amide bonds. The first kappa shape index (κ1) is 15.9. The van der Waals surface area contributed by atoms with Crippen molar-refractivity contribution in [2.24, 2.45) is 0 Å². The highest BCUT2D eigenvalue weighted by molar-refractivity contribution is 7.15. The van der Waals surface area contributed by atoms with Crippen molar-refractivity contribution in [1.82, 2.24) is 20.1 Å². The summed E-state index contributed by atoms with van der Waals surface area (Å²) in [7, 11) is 0. The number of rotatable bonds is 3. The molecule has 1 unspecified atom stereocenters. The van der Waals surface area contributed by atoms with Crippen molar-refractivity contribution in [2.45, 2.75) is 25.8 Å². The molecule has 0 aliphatic carbocycles. The standard InChI is InChI=1S/C13H17N5OS.ClH/c1-9-7-15-13(20-9)16-12(19)11-4-6-18(17-11)10-3-2-5-14-8-10;/h4,6-7,10,14H,2-3,5,8H2,1H3,(H,15,16,19);1H. The highest BCUT2D eigenvalue weighted by atomic mass is 35.5. The van der Waals surface area contributed by atoms with Gasteiger partial charge in [-0.25, -0.2) is 4.98 Å². The Bertz CT molecular complexity index is 605. The smallest absolute Gasteiger partial charge is 0.277 e. The predicted molar refractivity (Wildman–Crippen MR) is 85.4 cm³/mol. The molecule has 1 fully saturated rings. The van der Waals surface area contributed by atoms with E-state index < -0.39 is 0 Å². The molecule has 3 rings (SSSR count). The van der Waals surface area contributed by atoms with Crippen LogP contribution in [0.2, 0.25) is 0 Å². The number of hydrogen-bond acceptors (Lipinski definition) is 5. The molecule has 1 atom stereocenters. The second-order valence-corrected chi connectivity index (χ2v) is 6.15. The van der Waals surface area contributed by atoms with Crippen LogP contribution >= 0.6 is 23.7 Å². The molecule has 1 aliphatic rings. The number of hydrogen-bond donors (Lipinski definition) is 2. The fourth-order valence-corrected chi connectivity index (χ4v) is 2.95. The topological polar surface area (TPSA) is 71.8 Å². The minimum Gasteiger partial charge on any atom is -0.315 e. The number of halogens is 1. The van der Waals surface area contributed by atoms with Crippen LogP contribution in [0.1, 0.15) is 34.2 Å². The number of nitrogens with zero attached hydrogens (tertiary/aromatic N) is 3. The van der Waals surface area contributed by atoms with E-state index in [1.165, 1.54) is 11.3 Å². The van der Waals surface area contributed by atoms with E-state index in [1.54, 1.807) is 12.3 Å². The van der Waals surface area contributed by atoms with Crippen LogP contribution in [0, 0.1) is 6.92 Å². The van der Waals surface area contributed by atoms with Gasteiger partial charge in [0, 0.05) is 23.8 Å². The van der Waals surface area contributed by atoms with E-state index >= 15 is 0 Å². The lowest BCUT2D eigenvalue weighted by atomic mass is 10.1. The summed E-state index contributed by atoms with van der Waals surface area (Å²) < 4.78 is 1.88. The summed E-state index contributed by atoms with van der Waals surface area (Å²) in [5.74, 6) is -0.207. The molecule has 114 valence electrons. The van der Waals surface area contributed by atoms with Crippen LogP contribution in [0.15, 0.2) is 18.5 Å². The molecule has 8 heteroatoms. The summed E-state index contributed by atoms with van der Waals surface area (Å²) >= 11 is 1.46. The van der Waals surface area contributed by atoms with Gasteiger partial charge in [0.25, 0.3) is 5.91 Å². The van der Waals surface area contributed by atoms with Gasteiger partial charge < -0.3 is 5.32 Å². The zero-order valence-corrected chi connectivity index (χ0v) is 13.3. The van der Waals surface area contributed by atoms with Crippen molar-refractivity contribution in [3.05, 3.63) is 29.0 Å². The van der Waals surface area contributed by atoms with Crippen LogP contribution in [0.3, 0.4) is 0 Å². The first-order chi connectivity index (χ1) is 9.72. The summed E-state index contributed by atoms with van der Waals surface area (Å²) in [4.78, 5) is 17.3. The lowest BCUT2D eigenvalue weighted by Gasteiger charge is -2.22. The molecule has 1 aliphatic heterocycles. The Morgan fingerprint density at radius 3 is 3.10 bits per heavy atom. The number of aromatic nitrogens is 3. The molecule has 0 saturated carbocycles. The van der Waals surface area contributed by atoms with E-state index in [1.807, 2.05) is 17.8 Å². The Morgan fingerprint density at radius 1 is 1.57 bits per heavy atom. The van der Waals surface area contributed by atoms with Gasteiger partial charge in [-0.2, -0.15) is 5.10 Å². The minimum atomic E-state index is -0.207. The molecule has 0 spiro atoms. The maximum absolute atomic E-state index is 12.1. The number of aryl methyl sites for hydroxylation is 1. The molecule has 0 aromatic carbocycles. The fourth-order valence-electron chi connectivity index (χ4n) is 2.30. The predicted octanol–water partition coefficient (Wildman–Crippen LogP) is 2.25. The molecule has 3 heterocycles. The highest BCUT2D eigenvalue weighted by Crippen LogP contribution is 2.18. The van der Waals surface area contributed by atoms with Crippen molar-refractivity contribution in [1.29, 1.82) is 0 Å². The monoisotopic (exact) mass is 327 g/mol. The van der Waals surface area contributed by atoms with Crippen molar-refractivity contribution in [3.63, 3.8) is 0 Å². The van der Waals surface area contributed by atoms with Gasteiger partial charge in [0.05, 0.1) is 6.04 Å². The van der Waals surface area contributed by atoms with Gasteiger partial charge in [-0.3, -0.25) is 14.8 Å². The SMILES string of the molecule is Cc1cnc(NC(=O)c2ccn(C3CCCNC3)n2)s1.Cl. The average molecular weight is 328 g/mol. The van der Waals surface area contributed by atoms with Crippen molar-refractivity contribution < 1.29 is 4.79 Å². The number of amides is 1. The van der Waals surface area contributed by atoms with E-state index in [0.717, 1.165) is 30.8 Å². The summed E-state index contributed by atoms with van der Waals surface area (Å²) in [6.07, 6.45) is 5.86. The largest absolute Gasteiger partial charge is 0.315 e. The lowest BCUT2D eigenvalue weighted by Crippen LogP contribution is -2.32. The molecule has 2 N–H and O–H groups in total.